The molecule has 30 heavy (non-hydrogen) atoms. The SMILES string of the molecule is CC(C)(C)OC(=O)N[C@@H](COc1c([N+](=O)[O-])cnn1COCC[Si](C)(C)C)C(=O)O. The minimum absolute atomic E-state index is 0.0924. The third kappa shape index (κ3) is 9.22. The number of hydrogen-bond acceptors (Lipinski definition) is 8. The molecule has 1 rings (SSSR count). The summed E-state index contributed by atoms with van der Waals surface area (Å²) < 4.78 is 17.0. The second kappa shape index (κ2) is 10.4. The van der Waals surface area contributed by atoms with Crippen molar-refractivity contribution in [3.63, 3.8) is 0 Å². The van der Waals surface area contributed by atoms with E-state index in [0.717, 1.165) is 16.9 Å². The zero-order valence-electron chi connectivity index (χ0n) is 18.1. The molecule has 0 aliphatic rings. The van der Waals surface area contributed by atoms with Crippen LogP contribution in [0.5, 0.6) is 5.88 Å². The van der Waals surface area contributed by atoms with Crippen LogP contribution in [0.25, 0.3) is 0 Å². The summed E-state index contributed by atoms with van der Waals surface area (Å²) in [5.74, 6) is -1.65. The Bertz CT molecular complexity index is 754. The fraction of sp³-hybridized carbons (Fsp3) is 0.706. The highest BCUT2D eigenvalue weighted by Gasteiger charge is 2.28. The van der Waals surface area contributed by atoms with Gasteiger partial charge in [0.15, 0.2) is 6.04 Å². The highest BCUT2D eigenvalue weighted by molar-refractivity contribution is 6.76. The number of nitrogens with one attached hydrogen (secondary N) is 1. The Morgan fingerprint density at radius 3 is 2.50 bits per heavy atom. The lowest BCUT2D eigenvalue weighted by atomic mass is 10.2. The van der Waals surface area contributed by atoms with Crippen molar-refractivity contribution in [3.8, 4) is 5.88 Å². The molecule has 170 valence electrons. The van der Waals surface area contributed by atoms with Crippen LogP contribution in [0.1, 0.15) is 20.8 Å². The van der Waals surface area contributed by atoms with Gasteiger partial charge >= 0.3 is 17.7 Å². The molecular formula is C17H30N4O8Si. The van der Waals surface area contributed by atoms with E-state index < -0.39 is 49.0 Å². The van der Waals surface area contributed by atoms with Crippen molar-refractivity contribution in [1.29, 1.82) is 0 Å². The van der Waals surface area contributed by atoms with Crippen LogP contribution in [-0.2, 0) is 21.0 Å². The summed E-state index contributed by atoms with van der Waals surface area (Å²) in [6.45, 7) is 11.2. The molecule has 0 unspecified atom stereocenters. The summed E-state index contributed by atoms with van der Waals surface area (Å²) in [7, 11) is -1.31. The largest absolute Gasteiger partial charge is 0.480 e. The van der Waals surface area contributed by atoms with Crippen LogP contribution in [0.4, 0.5) is 10.5 Å². The van der Waals surface area contributed by atoms with Crippen molar-refractivity contribution < 1.29 is 33.8 Å². The molecule has 0 aliphatic heterocycles. The fourth-order valence-corrected chi connectivity index (χ4v) is 2.80. The van der Waals surface area contributed by atoms with Crippen LogP contribution in [0.2, 0.25) is 25.7 Å². The van der Waals surface area contributed by atoms with Crippen LogP contribution < -0.4 is 10.1 Å². The number of nitro groups is 1. The zero-order valence-corrected chi connectivity index (χ0v) is 19.1. The van der Waals surface area contributed by atoms with Crippen LogP contribution in [0.3, 0.4) is 0 Å². The molecule has 1 amide bonds. The molecule has 0 saturated heterocycles. The standard InChI is InChI=1S/C17H30N4O8Si/c1-17(2,3)29-16(24)19-12(15(22)23)10-28-14-13(21(25)26)9-18-20(14)11-27-7-8-30(4,5)6/h9,12H,7-8,10-11H2,1-6H3,(H,19,24)(H,22,23)/t12-/m0/s1. The first kappa shape index (κ1) is 25.4. The lowest BCUT2D eigenvalue weighted by Crippen LogP contribution is -2.46. The van der Waals surface area contributed by atoms with Crippen LogP contribution in [-0.4, -0.2) is 64.8 Å². The van der Waals surface area contributed by atoms with E-state index >= 15 is 0 Å². The maximum Gasteiger partial charge on any atom is 0.408 e. The summed E-state index contributed by atoms with van der Waals surface area (Å²) in [5, 5.41) is 26.6. The van der Waals surface area contributed by atoms with Gasteiger partial charge in [-0.3, -0.25) is 10.1 Å². The number of carbonyl (C=O) groups is 2. The normalized spacial score (nSPS) is 12.9. The molecule has 0 aliphatic carbocycles. The number of rotatable bonds is 11. The molecule has 1 heterocycles. The highest BCUT2D eigenvalue weighted by Crippen LogP contribution is 2.26. The Kier molecular flexibility index (Phi) is 8.78. The number of alkyl carbamates (subject to hydrolysis) is 1. The summed E-state index contributed by atoms with van der Waals surface area (Å²) in [6, 6.07) is -0.594. The molecular weight excluding hydrogens is 416 g/mol. The van der Waals surface area contributed by atoms with Crippen molar-refractivity contribution >= 4 is 25.8 Å². The molecule has 1 aromatic heterocycles. The second-order valence-corrected chi connectivity index (χ2v) is 14.4. The number of aliphatic carboxylic acids is 1. The first-order chi connectivity index (χ1) is 13.7. The van der Waals surface area contributed by atoms with Crippen LogP contribution in [0, 0.1) is 10.1 Å². The van der Waals surface area contributed by atoms with E-state index in [4.69, 9.17) is 14.2 Å². The average molecular weight is 447 g/mol. The first-order valence-electron chi connectivity index (χ1n) is 9.32. The van der Waals surface area contributed by atoms with Crippen molar-refractivity contribution in [3.05, 3.63) is 16.3 Å². The number of carboxylic acid groups (broad SMARTS) is 1. The van der Waals surface area contributed by atoms with Gasteiger partial charge in [-0.1, -0.05) is 19.6 Å². The van der Waals surface area contributed by atoms with E-state index in [1.165, 1.54) is 0 Å². The van der Waals surface area contributed by atoms with Crippen LogP contribution in [0.15, 0.2) is 6.20 Å². The van der Waals surface area contributed by atoms with Gasteiger partial charge in [-0.05, 0) is 26.8 Å². The number of ether oxygens (including phenoxy) is 3. The Hall–Kier alpha value is -2.67. The van der Waals surface area contributed by atoms with Gasteiger partial charge in [0.05, 0.1) is 4.92 Å². The lowest BCUT2D eigenvalue weighted by molar-refractivity contribution is -0.386. The van der Waals surface area contributed by atoms with E-state index in [-0.39, 0.29) is 12.6 Å². The molecule has 0 saturated carbocycles. The second-order valence-electron chi connectivity index (χ2n) is 8.79. The summed E-state index contributed by atoms with van der Waals surface area (Å²) in [5.41, 5.74) is -1.26. The van der Waals surface area contributed by atoms with Gasteiger partial charge < -0.3 is 24.6 Å². The van der Waals surface area contributed by atoms with E-state index in [2.05, 4.69) is 30.1 Å². The first-order valence-corrected chi connectivity index (χ1v) is 13.0. The molecule has 0 spiro atoms. The fourth-order valence-electron chi connectivity index (χ4n) is 2.05. The smallest absolute Gasteiger partial charge is 0.408 e. The zero-order chi connectivity index (χ0) is 23.1. The Balaban J connectivity index is 2.82. The quantitative estimate of drug-likeness (QED) is 0.226. The lowest BCUT2D eigenvalue weighted by Gasteiger charge is -2.22. The average Bonchev–Trinajstić information content (AvgIpc) is 2.95. The number of carboxylic acids is 1. The van der Waals surface area contributed by atoms with Crippen molar-refractivity contribution in [2.24, 2.45) is 0 Å². The number of aromatic nitrogens is 2. The summed E-state index contributed by atoms with van der Waals surface area (Å²) in [4.78, 5) is 33.8. The monoisotopic (exact) mass is 446 g/mol. The van der Waals surface area contributed by atoms with E-state index in [0.29, 0.717) is 6.61 Å². The minimum Gasteiger partial charge on any atom is -0.480 e. The Morgan fingerprint density at radius 2 is 2.00 bits per heavy atom. The molecule has 0 radical (unpaired) electrons. The number of nitrogens with zero attached hydrogens (tertiary/aromatic N) is 3. The van der Waals surface area contributed by atoms with E-state index in [1.54, 1.807) is 20.8 Å². The van der Waals surface area contributed by atoms with Gasteiger partial charge in [-0.2, -0.15) is 5.10 Å². The number of hydrogen-bond donors (Lipinski definition) is 2. The molecule has 13 heteroatoms. The molecule has 1 atom stereocenters. The number of carbonyl (C=O) groups excluding carboxylic acids is 1. The van der Waals surface area contributed by atoms with Gasteiger partial charge in [0, 0.05) is 14.7 Å². The van der Waals surface area contributed by atoms with Crippen molar-refractivity contribution in [2.45, 2.75) is 64.8 Å². The highest BCUT2D eigenvalue weighted by atomic mass is 28.3. The third-order valence-corrected chi connectivity index (χ3v) is 5.26. The summed E-state index contributed by atoms with van der Waals surface area (Å²) >= 11 is 0. The van der Waals surface area contributed by atoms with Gasteiger partial charge in [0.1, 0.15) is 25.1 Å². The predicted molar refractivity (Wildman–Crippen MR) is 109 cm³/mol. The summed E-state index contributed by atoms with van der Waals surface area (Å²) in [6.07, 6.45) is 0.0463. The Morgan fingerprint density at radius 1 is 1.37 bits per heavy atom. The number of amides is 1. The van der Waals surface area contributed by atoms with Crippen molar-refractivity contribution in [2.75, 3.05) is 13.2 Å². The van der Waals surface area contributed by atoms with Crippen LogP contribution >= 0.6 is 0 Å². The molecule has 1 aromatic rings. The van der Waals surface area contributed by atoms with E-state index in [9.17, 15) is 24.8 Å². The third-order valence-electron chi connectivity index (χ3n) is 3.56. The molecule has 0 aromatic carbocycles. The minimum atomic E-state index is -1.49. The van der Waals surface area contributed by atoms with Gasteiger partial charge in [-0.25, -0.2) is 14.3 Å². The molecule has 0 bridgehead atoms. The molecule has 2 N–H and O–H groups in total. The topological polar surface area (TPSA) is 155 Å². The predicted octanol–water partition coefficient (Wildman–Crippen LogP) is 2.46. The molecule has 12 nitrogen and oxygen atoms in total. The van der Waals surface area contributed by atoms with Crippen molar-refractivity contribution in [1.82, 2.24) is 15.1 Å². The van der Waals surface area contributed by atoms with Gasteiger partial charge in [-0.15, -0.1) is 0 Å². The van der Waals surface area contributed by atoms with Gasteiger partial charge in [0.25, 0.3) is 5.88 Å². The van der Waals surface area contributed by atoms with E-state index in [1.807, 2.05) is 0 Å². The maximum atomic E-state index is 11.8. The maximum absolute atomic E-state index is 11.8. The molecule has 0 fully saturated rings. The Labute approximate surface area is 175 Å². The van der Waals surface area contributed by atoms with Gasteiger partial charge in [0.2, 0.25) is 0 Å².